The Labute approximate surface area is 419 Å². The van der Waals surface area contributed by atoms with Crippen LogP contribution in [0.3, 0.4) is 0 Å². The number of hydrogen-bond donors (Lipinski definition) is 4. The Morgan fingerprint density at radius 3 is 0.833 bits per heavy atom. The SMILES string of the molecule is C=CC(C)(O)C(=NC(C)C)[Si](C)(C)C.CC(C)N=C(C(C)(O)[Si](C)(C)C)[Si](C)(C)C.CC(C)N=C(C(O)(C(C)C)C(C)C)[Si](C)(C)C.CC[Si](CC)(CC)C(C)(O)C(=NC(C)C)[Si](C)(C)C. The third-order valence-corrected chi connectivity index (χ3v) is 31.0. The van der Waals surface area contributed by atoms with Gasteiger partial charge in [-0.05, 0) is 88.0 Å². The van der Waals surface area contributed by atoms with Crippen molar-refractivity contribution < 1.29 is 20.4 Å². The highest BCUT2D eigenvalue weighted by Crippen LogP contribution is 2.36. The second kappa shape index (κ2) is 27.4. The van der Waals surface area contributed by atoms with E-state index in [0.717, 1.165) is 39.5 Å². The van der Waals surface area contributed by atoms with E-state index in [0.29, 0.717) is 0 Å². The zero-order chi connectivity index (χ0) is 54.4. The van der Waals surface area contributed by atoms with Crippen LogP contribution in [0.15, 0.2) is 32.6 Å². The Balaban J connectivity index is -0.000000390. The number of rotatable bonds is 20. The van der Waals surface area contributed by atoms with Gasteiger partial charge in [0.15, 0.2) is 0 Å². The molecule has 0 aromatic heterocycles. The lowest BCUT2D eigenvalue weighted by Gasteiger charge is -2.46. The highest BCUT2D eigenvalue weighted by molar-refractivity contribution is 7.10. The van der Waals surface area contributed by atoms with E-state index in [1.165, 1.54) is 0 Å². The first-order valence-corrected chi connectivity index (χ1v) is 45.8. The first-order chi connectivity index (χ1) is 28.8. The van der Waals surface area contributed by atoms with Gasteiger partial charge >= 0.3 is 0 Å². The molecule has 394 valence electrons. The Morgan fingerprint density at radius 2 is 0.652 bits per heavy atom. The summed E-state index contributed by atoms with van der Waals surface area (Å²) in [6.07, 6.45) is 1.58. The van der Waals surface area contributed by atoms with Gasteiger partial charge in [-0.2, -0.15) is 0 Å². The van der Waals surface area contributed by atoms with Crippen molar-refractivity contribution in [2.24, 2.45) is 31.8 Å². The van der Waals surface area contributed by atoms with Crippen molar-refractivity contribution in [3.05, 3.63) is 12.7 Å². The zero-order valence-electron chi connectivity index (χ0n) is 50.4. The molecule has 8 nitrogen and oxygen atoms in total. The fourth-order valence-corrected chi connectivity index (χ4v) is 26.8. The van der Waals surface area contributed by atoms with Crippen LogP contribution >= 0.6 is 0 Å². The van der Waals surface area contributed by atoms with Gasteiger partial charge in [0, 0.05) is 45.5 Å². The molecule has 3 atom stereocenters. The van der Waals surface area contributed by atoms with E-state index >= 15 is 0 Å². The van der Waals surface area contributed by atoms with E-state index in [2.05, 4.69) is 207 Å². The van der Waals surface area contributed by atoms with Gasteiger partial charge in [0.2, 0.25) is 0 Å². The predicted octanol–water partition coefficient (Wildman–Crippen LogP) is 14.3. The monoisotopic (exact) mass is 1030 g/mol. The number of aliphatic hydroxyl groups is 4. The molecule has 0 spiro atoms. The van der Waals surface area contributed by atoms with Crippen LogP contribution in [0, 0.1) is 11.8 Å². The fraction of sp³-hybridized carbons (Fsp3) is 0.885. The van der Waals surface area contributed by atoms with Crippen LogP contribution in [0.2, 0.25) is 116 Å². The highest BCUT2D eigenvalue weighted by Gasteiger charge is 2.52. The molecule has 66 heavy (non-hydrogen) atoms. The summed E-state index contributed by atoms with van der Waals surface area (Å²) in [6, 6.07) is 4.41. The van der Waals surface area contributed by atoms with E-state index in [-0.39, 0.29) is 36.0 Å². The summed E-state index contributed by atoms with van der Waals surface area (Å²) in [6.45, 7) is 74.9. The van der Waals surface area contributed by atoms with E-state index in [4.69, 9.17) is 15.0 Å². The smallest absolute Gasteiger partial charge is 0.113 e. The van der Waals surface area contributed by atoms with E-state index < -0.39 is 70.1 Å². The molecule has 0 heterocycles. The maximum absolute atomic E-state index is 11.4. The van der Waals surface area contributed by atoms with Crippen molar-refractivity contribution in [3.8, 4) is 0 Å². The minimum Gasteiger partial charge on any atom is -0.388 e. The molecule has 0 saturated heterocycles. The minimum atomic E-state index is -1.73. The van der Waals surface area contributed by atoms with Gasteiger partial charge in [-0.15, -0.1) is 0 Å². The normalized spacial score (nSPS) is 17.4. The molecule has 0 amide bonds. The predicted molar refractivity (Wildman–Crippen MR) is 321 cm³/mol. The topological polar surface area (TPSA) is 130 Å². The van der Waals surface area contributed by atoms with Crippen LogP contribution in [0.4, 0.5) is 0 Å². The van der Waals surface area contributed by atoms with Crippen molar-refractivity contribution in [1.82, 2.24) is 0 Å². The van der Waals surface area contributed by atoms with Crippen molar-refractivity contribution in [3.63, 3.8) is 0 Å². The zero-order valence-corrected chi connectivity index (χ0v) is 56.4. The summed E-state index contributed by atoms with van der Waals surface area (Å²) >= 11 is 0. The molecule has 0 aliphatic carbocycles. The molecule has 0 aromatic rings. The summed E-state index contributed by atoms with van der Waals surface area (Å²) in [5.41, 5.74) is -1.70. The molecule has 0 aliphatic heterocycles. The van der Waals surface area contributed by atoms with Gasteiger partial charge in [-0.25, -0.2) is 0 Å². The van der Waals surface area contributed by atoms with Crippen LogP contribution < -0.4 is 0 Å². The number of nitrogens with zero attached hydrogens (tertiary/aromatic N) is 4. The van der Waals surface area contributed by atoms with Crippen molar-refractivity contribution in [2.45, 2.75) is 287 Å². The van der Waals surface area contributed by atoms with Gasteiger partial charge in [0.1, 0.15) is 11.2 Å². The van der Waals surface area contributed by atoms with Gasteiger partial charge in [-0.1, -0.05) is 177 Å². The average molecular weight is 1030 g/mol. The molecule has 14 heteroatoms. The summed E-state index contributed by atoms with van der Waals surface area (Å²) in [5.74, 6) is 0.401. The Kier molecular flexibility index (Phi) is 29.9. The first-order valence-electron chi connectivity index (χ1n) is 25.7. The molecule has 0 radical (unpaired) electrons. The molecule has 0 aromatic carbocycles. The molecule has 3 unspecified atom stereocenters. The lowest BCUT2D eigenvalue weighted by molar-refractivity contribution is 0.0212. The van der Waals surface area contributed by atoms with Gasteiger partial charge in [0.05, 0.1) is 58.9 Å². The quantitative estimate of drug-likeness (QED) is 0.0550. The van der Waals surface area contributed by atoms with Crippen molar-refractivity contribution in [2.75, 3.05) is 0 Å². The second-order valence-electron chi connectivity index (χ2n) is 26.5. The molecule has 0 fully saturated rings. The lowest BCUT2D eigenvalue weighted by Crippen LogP contribution is -2.65. The Bertz CT molecular complexity index is 1540. The highest BCUT2D eigenvalue weighted by atomic mass is 28.3. The molecule has 0 aliphatic rings. The minimum absolute atomic E-state index is 0.201. The summed E-state index contributed by atoms with van der Waals surface area (Å²) < 4.78 is 0. The standard InChI is InChI=1S/C15H35NOSi2.C14H31NOSi.C12H29NOSi2.C11H23NOSi/c1-10-19(11-2,12-3)15(6,17)14(16-13(4)5)18(7,8)9;1-10(2)14(16,11(3)4)13(15-12(5)6)17(7,8)9;1-10(2)13-11(15(4,5)6)12(3,14)16(7,8)9;1-8-11(4,13)10(12-9(2)3)14(5,6)7/h13,17H,10-12H2,1-9H3;10-12,16H,1-9H3;10,14H,1-9H3;8-9,13H,1H2,2-7H3. The average Bonchev–Trinajstić information content (AvgIpc) is 3.09. The van der Waals surface area contributed by atoms with Crippen LogP contribution in [0.5, 0.6) is 0 Å². The maximum Gasteiger partial charge on any atom is 0.113 e. The Hall–Kier alpha value is -0.439. The van der Waals surface area contributed by atoms with Crippen molar-refractivity contribution in [1.29, 1.82) is 0 Å². The molecule has 0 bridgehead atoms. The molecule has 0 saturated carbocycles. The van der Waals surface area contributed by atoms with E-state index in [9.17, 15) is 20.4 Å². The third-order valence-electron chi connectivity index (χ3n) is 12.9. The number of aliphatic imine (C=N–C) groups is 4. The maximum atomic E-state index is 11.4. The van der Waals surface area contributed by atoms with E-state index in [1.54, 1.807) is 13.0 Å². The van der Waals surface area contributed by atoms with Gasteiger partial charge in [-0.3, -0.25) is 20.0 Å². The van der Waals surface area contributed by atoms with E-state index in [1.807, 2.05) is 20.8 Å². The molecular formula is C52H118N4O4Si6. The van der Waals surface area contributed by atoms with Crippen LogP contribution in [0.1, 0.15) is 125 Å². The third kappa shape index (κ3) is 22.3. The summed E-state index contributed by atoms with van der Waals surface area (Å²) in [5, 5.41) is 46.5. The molecular weight excluding hydrogens is 913 g/mol. The van der Waals surface area contributed by atoms with Crippen molar-refractivity contribution >= 4 is 69.8 Å². The largest absolute Gasteiger partial charge is 0.388 e. The fourth-order valence-electron chi connectivity index (χ4n) is 8.81. The Morgan fingerprint density at radius 1 is 0.424 bits per heavy atom. The van der Waals surface area contributed by atoms with Crippen LogP contribution in [0.25, 0.3) is 0 Å². The van der Waals surface area contributed by atoms with Crippen LogP contribution in [-0.2, 0) is 0 Å². The summed E-state index contributed by atoms with van der Waals surface area (Å²) in [7, 11) is -9.75. The van der Waals surface area contributed by atoms with Gasteiger partial charge in [0.25, 0.3) is 0 Å². The molecule has 0 rings (SSSR count). The summed E-state index contributed by atoms with van der Waals surface area (Å²) in [4.78, 5) is 19.0. The van der Waals surface area contributed by atoms with Gasteiger partial charge < -0.3 is 20.4 Å². The van der Waals surface area contributed by atoms with Crippen LogP contribution in [-0.4, -0.2) is 136 Å². The second-order valence-corrected chi connectivity index (χ2v) is 57.5. The first kappa shape index (κ1) is 72.1. The lowest BCUT2D eigenvalue weighted by atomic mass is 9.81. The molecule has 4 N–H and O–H groups in total. The number of hydrogen-bond acceptors (Lipinski definition) is 8.